The number of hydrogen-bond acceptors (Lipinski definition) is 3. The molecule has 0 radical (unpaired) electrons. The van der Waals surface area contributed by atoms with Gasteiger partial charge in [0.1, 0.15) is 12.1 Å². The highest BCUT2D eigenvalue weighted by atomic mass is 16.3. The van der Waals surface area contributed by atoms with Crippen LogP contribution in [0.2, 0.25) is 0 Å². The van der Waals surface area contributed by atoms with E-state index in [4.69, 9.17) is 0 Å². The smallest absolute Gasteiger partial charge is 0.132 e. The zero-order valence-electron chi connectivity index (χ0n) is 12.5. The fourth-order valence-electron chi connectivity index (χ4n) is 3.69. The van der Waals surface area contributed by atoms with Crippen LogP contribution in [0.25, 0.3) is 27.6 Å². The molecule has 0 bridgehead atoms. The summed E-state index contributed by atoms with van der Waals surface area (Å²) < 4.78 is 0. The van der Waals surface area contributed by atoms with Crippen molar-refractivity contribution in [3.63, 3.8) is 0 Å². The summed E-state index contributed by atoms with van der Waals surface area (Å²) in [6.07, 6.45) is 3.63. The van der Waals surface area contributed by atoms with E-state index in [1.807, 2.05) is 30.3 Å². The van der Waals surface area contributed by atoms with Crippen molar-refractivity contribution in [1.82, 2.24) is 9.97 Å². The molecule has 23 heavy (non-hydrogen) atoms. The van der Waals surface area contributed by atoms with Crippen molar-refractivity contribution < 1.29 is 5.11 Å². The van der Waals surface area contributed by atoms with Gasteiger partial charge in [-0.1, -0.05) is 36.4 Å². The minimum atomic E-state index is 0.279. The second-order valence-electron chi connectivity index (χ2n) is 6.01. The summed E-state index contributed by atoms with van der Waals surface area (Å²) in [6.45, 7) is 0. The molecule has 0 spiro atoms. The molecule has 0 saturated carbocycles. The molecule has 3 nitrogen and oxygen atoms in total. The Bertz CT molecular complexity index is 1120. The van der Waals surface area contributed by atoms with Crippen LogP contribution in [0.5, 0.6) is 0 Å². The Morgan fingerprint density at radius 2 is 1.70 bits per heavy atom. The minimum absolute atomic E-state index is 0.279. The predicted molar refractivity (Wildman–Crippen MR) is 91.3 cm³/mol. The Balaban J connectivity index is 2.02. The van der Waals surface area contributed by atoms with E-state index < -0.39 is 0 Å². The van der Waals surface area contributed by atoms with E-state index >= 15 is 0 Å². The Morgan fingerprint density at radius 3 is 2.57 bits per heavy atom. The molecular weight excluding hydrogens is 284 g/mol. The van der Waals surface area contributed by atoms with Crippen LogP contribution in [0.15, 0.2) is 54.9 Å². The fraction of sp³-hybridized carbons (Fsp3) is 0.100. The molecule has 4 aromatic rings. The van der Waals surface area contributed by atoms with Gasteiger partial charge in [-0.3, -0.25) is 0 Å². The number of aliphatic hydroxyl groups is 1. The number of benzene rings is 3. The third-order valence-electron chi connectivity index (χ3n) is 4.75. The molecule has 1 aliphatic rings. The van der Waals surface area contributed by atoms with E-state index in [1.54, 1.807) is 6.33 Å². The molecule has 3 aromatic carbocycles. The second kappa shape index (κ2) is 4.53. The van der Waals surface area contributed by atoms with Crippen molar-refractivity contribution in [1.29, 1.82) is 0 Å². The lowest BCUT2D eigenvalue weighted by Gasteiger charge is -2.09. The highest BCUT2D eigenvalue weighted by Crippen LogP contribution is 2.34. The van der Waals surface area contributed by atoms with E-state index in [9.17, 15) is 5.11 Å². The topological polar surface area (TPSA) is 46.0 Å². The number of aryl methyl sites for hydroxylation is 2. The SMILES string of the molecule is OC(c1ccccc1)=c1cc2c3c(ccc4ncnc1c43)CC2. The van der Waals surface area contributed by atoms with Gasteiger partial charge >= 0.3 is 0 Å². The Hall–Kier alpha value is -2.94. The van der Waals surface area contributed by atoms with E-state index in [0.29, 0.717) is 0 Å². The average molecular weight is 298 g/mol. The van der Waals surface area contributed by atoms with E-state index in [-0.39, 0.29) is 5.76 Å². The van der Waals surface area contributed by atoms with Gasteiger partial charge in [-0.15, -0.1) is 0 Å². The van der Waals surface area contributed by atoms with Gasteiger partial charge in [0.15, 0.2) is 0 Å². The molecule has 3 heteroatoms. The maximum atomic E-state index is 10.8. The quantitative estimate of drug-likeness (QED) is 0.586. The molecule has 1 aromatic heterocycles. The summed E-state index contributed by atoms with van der Waals surface area (Å²) in [5, 5.41) is 14.0. The highest BCUT2D eigenvalue weighted by Gasteiger charge is 2.19. The minimum Gasteiger partial charge on any atom is -0.507 e. The van der Waals surface area contributed by atoms with E-state index in [1.165, 1.54) is 16.5 Å². The van der Waals surface area contributed by atoms with Crippen LogP contribution in [-0.4, -0.2) is 15.1 Å². The summed E-state index contributed by atoms with van der Waals surface area (Å²) >= 11 is 0. The first-order valence-corrected chi connectivity index (χ1v) is 7.79. The van der Waals surface area contributed by atoms with Crippen molar-refractivity contribution in [2.24, 2.45) is 0 Å². The Kier molecular flexibility index (Phi) is 2.48. The van der Waals surface area contributed by atoms with Crippen molar-refractivity contribution in [3.05, 3.63) is 76.8 Å². The normalized spacial score (nSPS) is 14.6. The van der Waals surface area contributed by atoms with Crippen LogP contribution in [0, 0.1) is 0 Å². The number of aromatic nitrogens is 2. The lowest BCUT2D eigenvalue weighted by Crippen LogP contribution is -2.12. The van der Waals surface area contributed by atoms with Crippen LogP contribution in [0.3, 0.4) is 0 Å². The molecule has 1 heterocycles. The van der Waals surface area contributed by atoms with Crippen molar-refractivity contribution >= 4 is 27.6 Å². The first-order chi connectivity index (χ1) is 11.3. The van der Waals surface area contributed by atoms with Gasteiger partial charge in [-0.25, -0.2) is 9.97 Å². The number of hydrogen-bond donors (Lipinski definition) is 1. The molecule has 1 aliphatic carbocycles. The van der Waals surface area contributed by atoms with Crippen molar-refractivity contribution in [2.75, 3.05) is 0 Å². The molecule has 0 amide bonds. The summed E-state index contributed by atoms with van der Waals surface area (Å²) in [7, 11) is 0. The van der Waals surface area contributed by atoms with Crippen LogP contribution in [0.1, 0.15) is 16.7 Å². The largest absolute Gasteiger partial charge is 0.507 e. The lowest BCUT2D eigenvalue weighted by molar-refractivity contribution is 0.508. The molecule has 5 rings (SSSR count). The van der Waals surface area contributed by atoms with E-state index in [2.05, 4.69) is 28.2 Å². The molecule has 110 valence electrons. The highest BCUT2D eigenvalue weighted by molar-refractivity contribution is 6.10. The number of rotatable bonds is 1. The van der Waals surface area contributed by atoms with Crippen LogP contribution >= 0.6 is 0 Å². The van der Waals surface area contributed by atoms with Crippen molar-refractivity contribution in [3.8, 4) is 0 Å². The van der Waals surface area contributed by atoms with Gasteiger partial charge in [0.05, 0.1) is 11.0 Å². The number of aliphatic hydroxyl groups excluding tert-OH is 1. The molecule has 0 unspecified atom stereocenters. The standard InChI is InChI=1S/C20H14N2O/c23-20(13-4-2-1-3-5-13)15-10-14-7-6-12-8-9-16-18(17(12)14)19(15)22-11-21-16/h1-5,8-11,23H,6-7H2. The fourth-order valence-corrected chi connectivity index (χ4v) is 3.69. The average Bonchev–Trinajstić information content (AvgIpc) is 3.04. The predicted octanol–water partition coefficient (Wildman–Crippen LogP) is 3.32. The van der Waals surface area contributed by atoms with Crippen LogP contribution in [-0.2, 0) is 12.8 Å². The first-order valence-electron chi connectivity index (χ1n) is 7.79. The van der Waals surface area contributed by atoms with Crippen LogP contribution < -0.4 is 5.22 Å². The third kappa shape index (κ3) is 1.70. The number of nitrogens with zero attached hydrogens (tertiary/aromatic N) is 2. The molecule has 0 atom stereocenters. The molecule has 0 aliphatic heterocycles. The van der Waals surface area contributed by atoms with E-state index in [0.717, 1.165) is 40.0 Å². The van der Waals surface area contributed by atoms with Gasteiger partial charge in [-0.2, -0.15) is 0 Å². The second-order valence-corrected chi connectivity index (χ2v) is 6.01. The van der Waals surface area contributed by atoms with Gasteiger partial charge < -0.3 is 5.11 Å². The Morgan fingerprint density at radius 1 is 0.870 bits per heavy atom. The summed E-state index contributed by atoms with van der Waals surface area (Å²) in [6, 6.07) is 16.0. The summed E-state index contributed by atoms with van der Waals surface area (Å²) in [4.78, 5) is 8.91. The lowest BCUT2D eigenvalue weighted by atomic mass is 9.99. The zero-order valence-corrected chi connectivity index (χ0v) is 12.5. The zero-order chi connectivity index (χ0) is 15.4. The van der Waals surface area contributed by atoms with Crippen LogP contribution in [0.4, 0.5) is 0 Å². The molecule has 1 N–H and O–H groups in total. The monoisotopic (exact) mass is 298 g/mol. The summed E-state index contributed by atoms with van der Waals surface area (Å²) in [5.41, 5.74) is 5.23. The maximum Gasteiger partial charge on any atom is 0.132 e. The maximum absolute atomic E-state index is 10.8. The van der Waals surface area contributed by atoms with Gasteiger partial charge in [-0.05, 0) is 41.5 Å². The molecular formula is C20H14N2O. The third-order valence-corrected chi connectivity index (χ3v) is 4.75. The van der Waals surface area contributed by atoms with Crippen molar-refractivity contribution in [2.45, 2.75) is 12.8 Å². The summed E-state index contributed by atoms with van der Waals surface area (Å²) in [5.74, 6) is 0.279. The van der Waals surface area contributed by atoms with Gasteiger partial charge in [0, 0.05) is 16.2 Å². The molecule has 0 saturated heterocycles. The molecule has 0 fully saturated rings. The Labute approximate surface area is 132 Å². The van der Waals surface area contributed by atoms with Gasteiger partial charge in [0.25, 0.3) is 0 Å². The van der Waals surface area contributed by atoms with Gasteiger partial charge in [0.2, 0.25) is 0 Å². The first kappa shape index (κ1) is 12.6.